The Bertz CT molecular complexity index is 1250. The molecule has 1 fully saturated rings. The summed E-state index contributed by atoms with van der Waals surface area (Å²) in [6.45, 7) is -0.261. The maximum Gasteiger partial charge on any atom is 0.417 e. The first-order valence-electron chi connectivity index (χ1n) is 8.94. The number of nitrogens with one attached hydrogen (secondary N) is 1. The van der Waals surface area contributed by atoms with Crippen molar-refractivity contribution in [2.45, 2.75) is 12.2 Å². The lowest BCUT2D eigenvalue weighted by atomic mass is 10.2. The van der Waals surface area contributed by atoms with Gasteiger partial charge in [-0.1, -0.05) is 11.6 Å². The highest BCUT2D eigenvalue weighted by Gasteiger charge is 2.42. The molecule has 4 rings (SSSR count). The first-order chi connectivity index (χ1) is 15.0. The lowest BCUT2D eigenvalue weighted by Gasteiger charge is -2.27. The standard InChI is InChI=1S/C19H12ClF5N4O2S/c1-28(11-3-2-9(21)14(20)15(11)22)17(30)12-7-26-18(31)29(12)13-6-8(19(23,24)25)16-10(27-13)4-5-32-16/h2-6,12H,7H2,1H3,(H,26,31). The van der Waals surface area contributed by atoms with Gasteiger partial charge in [0, 0.05) is 13.6 Å². The van der Waals surface area contributed by atoms with Crippen LogP contribution in [0.5, 0.6) is 0 Å². The number of nitrogens with zero attached hydrogens (tertiary/aromatic N) is 3. The minimum absolute atomic E-state index is 0.00967. The topological polar surface area (TPSA) is 65.5 Å². The van der Waals surface area contributed by atoms with Gasteiger partial charge in [0.1, 0.15) is 22.7 Å². The van der Waals surface area contributed by atoms with Gasteiger partial charge in [0.25, 0.3) is 5.91 Å². The van der Waals surface area contributed by atoms with E-state index < -0.39 is 46.4 Å². The number of hydrogen-bond acceptors (Lipinski definition) is 4. The lowest BCUT2D eigenvalue weighted by Crippen LogP contribution is -2.47. The fraction of sp³-hybridized carbons (Fsp3) is 0.211. The van der Waals surface area contributed by atoms with Crippen molar-refractivity contribution in [3.05, 3.63) is 51.9 Å². The zero-order valence-electron chi connectivity index (χ0n) is 16.0. The van der Waals surface area contributed by atoms with Gasteiger partial charge in [0.2, 0.25) is 0 Å². The van der Waals surface area contributed by atoms with Crippen LogP contribution in [-0.2, 0) is 11.0 Å². The number of aromatic nitrogens is 1. The maximum absolute atomic E-state index is 14.4. The maximum atomic E-state index is 14.4. The van der Waals surface area contributed by atoms with Crippen molar-refractivity contribution in [2.75, 3.05) is 23.4 Å². The predicted molar refractivity (Wildman–Crippen MR) is 109 cm³/mol. The van der Waals surface area contributed by atoms with Gasteiger partial charge in [0.15, 0.2) is 5.82 Å². The molecule has 1 N–H and O–H groups in total. The molecule has 0 radical (unpaired) electrons. The van der Waals surface area contributed by atoms with Crippen molar-refractivity contribution in [3.63, 3.8) is 0 Å². The molecule has 1 aliphatic rings. The second-order valence-corrected chi connectivity index (χ2v) is 8.12. The summed E-state index contributed by atoms with van der Waals surface area (Å²) in [5.41, 5.74) is -1.35. The number of fused-ring (bicyclic) bond motifs is 1. The molecular weight excluding hydrogens is 479 g/mol. The van der Waals surface area contributed by atoms with Crippen LogP contribution < -0.4 is 15.1 Å². The number of benzene rings is 1. The molecule has 168 valence electrons. The van der Waals surface area contributed by atoms with E-state index in [9.17, 15) is 31.5 Å². The number of pyridine rings is 1. The molecule has 6 nitrogen and oxygen atoms in total. The summed E-state index contributed by atoms with van der Waals surface area (Å²) in [6.07, 6.45) is -4.72. The molecule has 3 heterocycles. The zero-order valence-corrected chi connectivity index (χ0v) is 17.6. The molecule has 1 aliphatic heterocycles. The molecular formula is C19H12ClF5N4O2S. The monoisotopic (exact) mass is 490 g/mol. The summed E-state index contributed by atoms with van der Waals surface area (Å²) in [5.74, 6) is -3.45. The average molecular weight is 491 g/mol. The predicted octanol–water partition coefficient (Wildman–Crippen LogP) is 4.81. The van der Waals surface area contributed by atoms with E-state index in [0.29, 0.717) is 6.07 Å². The Balaban J connectivity index is 1.75. The quantitative estimate of drug-likeness (QED) is 0.423. The van der Waals surface area contributed by atoms with Gasteiger partial charge in [-0.15, -0.1) is 11.3 Å². The van der Waals surface area contributed by atoms with Gasteiger partial charge >= 0.3 is 12.2 Å². The molecule has 0 aliphatic carbocycles. The van der Waals surface area contributed by atoms with Crippen LogP contribution >= 0.6 is 22.9 Å². The number of likely N-dealkylation sites (N-methyl/N-ethyl adjacent to an activating group) is 1. The van der Waals surface area contributed by atoms with Gasteiger partial charge in [-0.05, 0) is 29.6 Å². The molecule has 1 aromatic carbocycles. The number of thiophene rings is 1. The van der Waals surface area contributed by atoms with E-state index in [-0.39, 0.29) is 28.3 Å². The number of halogens is 6. The van der Waals surface area contributed by atoms with E-state index in [2.05, 4.69) is 10.3 Å². The van der Waals surface area contributed by atoms with E-state index in [0.717, 1.165) is 33.3 Å². The molecule has 1 atom stereocenters. The number of alkyl halides is 3. The Labute approximate surface area is 186 Å². The van der Waals surface area contributed by atoms with E-state index in [4.69, 9.17) is 11.6 Å². The minimum atomic E-state index is -4.72. The number of anilines is 2. The van der Waals surface area contributed by atoms with Crippen molar-refractivity contribution in [1.29, 1.82) is 0 Å². The number of amides is 3. The van der Waals surface area contributed by atoms with Crippen LogP contribution in [-0.4, -0.2) is 36.6 Å². The van der Waals surface area contributed by atoms with E-state index in [1.165, 1.54) is 18.5 Å². The molecule has 3 aromatic rings. The van der Waals surface area contributed by atoms with Crippen LogP contribution in [0.15, 0.2) is 29.6 Å². The smallest absolute Gasteiger partial charge is 0.335 e. The van der Waals surface area contributed by atoms with Gasteiger partial charge in [-0.25, -0.2) is 18.6 Å². The summed E-state index contributed by atoms with van der Waals surface area (Å²) >= 11 is 6.41. The first-order valence-corrected chi connectivity index (χ1v) is 10.2. The van der Waals surface area contributed by atoms with Crippen LogP contribution in [0.3, 0.4) is 0 Å². The lowest BCUT2D eigenvalue weighted by molar-refractivity contribution is -0.136. The van der Waals surface area contributed by atoms with Crippen molar-refractivity contribution in [1.82, 2.24) is 10.3 Å². The number of rotatable bonds is 3. The molecule has 0 saturated carbocycles. The Morgan fingerprint density at radius 3 is 2.72 bits per heavy atom. The third-order valence-electron chi connectivity index (χ3n) is 4.92. The normalized spacial score (nSPS) is 16.5. The fourth-order valence-corrected chi connectivity index (χ4v) is 4.39. The van der Waals surface area contributed by atoms with Gasteiger partial charge in [-0.2, -0.15) is 13.2 Å². The summed E-state index contributed by atoms with van der Waals surface area (Å²) < 4.78 is 68.5. The van der Waals surface area contributed by atoms with E-state index in [1.807, 2.05) is 0 Å². The third kappa shape index (κ3) is 3.62. The Morgan fingerprint density at radius 1 is 1.31 bits per heavy atom. The van der Waals surface area contributed by atoms with Crippen LogP contribution in [0, 0.1) is 11.6 Å². The van der Waals surface area contributed by atoms with Crippen LogP contribution in [0.2, 0.25) is 5.02 Å². The number of carbonyl (C=O) groups excluding carboxylic acids is 2. The fourth-order valence-electron chi connectivity index (χ4n) is 3.36. The molecule has 13 heteroatoms. The average Bonchev–Trinajstić information content (AvgIpc) is 3.35. The first kappa shape index (κ1) is 22.2. The van der Waals surface area contributed by atoms with Crippen molar-refractivity contribution in [3.8, 4) is 0 Å². The summed E-state index contributed by atoms with van der Waals surface area (Å²) in [4.78, 5) is 31.2. The van der Waals surface area contributed by atoms with Gasteiger partial charge in [-0.3, -0.25) is 9.69 Å². The van der Waals surface area contributed by atoms with Gasteiger partial charge in [0.05, 0.1) is 21.5 Å². The minimum Gasteiger partial charge on any atom is -0.335 e. The Kier molecular flexibility index (Phi) is 5.45. The van der Waals surface area contributed by atoms with Crippen molar-refractivity contribution >= 4 is 56.6 Å². The molecule has 32 heavy (non-hydrogen) atoms. The second-order valence-electron chi connectivity index (χ2n) is 6.82. The van der Waals surface area contributed by atoms with Crippen LogP contribution in [0.4, 0.5) is 38.3 Å². The molecule has 1 unspecified atom stereocenters. The SMILES string of the molecule is CN(C(=O)C1CNC(=O)N1c1cc(C(F)(F)F)c2sccc2n1)c1ccc(F)c(Cl)c1F. The zero-order chi connectivity index (χ0) is 23.4. The van der Waals surface area contributed by atoms with Crippen molar-refractivity contribution in [2.24, 2.45) is 0 Å². The molecule has 3 amide bonds. The molecule has 2 aromatic heterocycles. The third-order valence-corrected chi connectivity index (χ3v) is 6.20. The Hall–Kier alpha value is -2.99. The number of carbonyl (C=O) groups is 2. The number of hydrogen-bond donors (Lipinski definition) is 1. The molecule has 0 spiro atoms. The van der Waals surface area contributed by atoms with Crippen molar-refractivity contribution < 1.29 is 31.5 Å². The molecule has 0 bridgehead atoms. The highest BCUT2D eigenvalue weighted by molar-refractivity contribution is 7.17. The highest BCUT2D eigenvalue weighted by atomic mass is 35.5. The second kappa shape index (κ2) is 7.85. The summed E-state index contributed by atoms with van der Waals surface area (Å²) in [5, 5.41) is 2.99. The number of urea groups is 1. The van der Waals surface area contributed by atoms with E-state index in [1.54, 1.807) is 0 Å². The van der Waals surface area contributed by atoms with Crippen LogP contribution in [0.1, 0.15) is 5.56 Å². The largest absolute Gasteiger partial charge is 0.417 e. The highest BCUT2D eigenvalue weighted by Crippen LogP contribution is 2.39. The summed E-state index contributed by atoms with van der Waals surface area (Å²) in [6, 6.07) is 1.73. The van der Waals surface area contributed by atoms with E-state index >= 15 is 0 Å². The van der Waals surface area contributed by atoms with Gasteiger partial charge < -0.3 is 10.2 Å². The van der Waals surface area contributed by atoms with Crippen LogP contribution in [0.25, 0.3) is 10.2 Å². The molecule has 1 saturated heterocycles. The Morgan fingerprint density at radius 2 is 2.03 bits per heavy atom. The summed E-state index contributed by atoms with van der Waals surface area (Å²) in [7, 11) is 1.17.